The Hall–Kier alpha value is -0.0800. The second-order valence-corrected chi connectivity index (χ2v) is 5.70. The Morgan fingerprint density at radius 3 is 2.38 bits per heavy atom. The van der Waals surface area contributed by atoms with Gasteiger partial charge in [0.05, 0.1) is 6.61 Å². The van der Waals surface area contributed by atoms with Gasteiger partial charge in [0.2, 0.25) is 0 Å². The van der Waals surface area contributed by atoms with Crippen LogP contribution in [-0.4, -0.2) is 23.3 Å². The fraction of sp³-hybridized carbons (Fsp3) is 1.00. The predicted molar refractivity (Wildman–Crippen MR) is 53.6 cm³/mol. The third-order valence-corrected chi connectivity index (χ3v) is 3.49. The zero-order chi connectivity index (χ0) is 9.53. The van der Waals surface area contributed by atoms with Gasteiger partial charge in [0.15, 0.2) is 0 Å². The Morgan fingerprint density at radius 1 is 1.31 bits per heavy atom. The van der Waals surface area contributed by atoms with Crippen molar-refractivity contribution in [1.29, 1.82) is 0 Å². The standard InChI is InChI=1S/C11H21NO/c1-10(2)5-6-11(7-10,8-13)12-9-3-4-9/h9,12-13H,3-8H2,1-2H3. The molecule has 0 radical (unpaired) electrons. The summed E-state index contributed by atoms with van der Waals surface area (Å²) in [5.74, 6) is 0. The average Bonchev–Trinajstić information content (AvgIpc) is 2.78. The van der Waals surface area contributed by atoms with Crippen LogP contribution in [0.4, 0.5) is 0 Å². The lowest BCUT2D eigenvalue weighted by molar-refractivity contribution is 0.151. The molecule has 1 atom stereocenters. The lowest BCUT2D eigenvalue weighted by Crippen LogP contribution is -2.48. The van der Waals surface area contributed by atoms with Crippen molar-refractivity contribution in [2.45, 2.75) is 57.5 Å². The molecule has 2 aliphatic rings. The van der Waals surface area contributed by atoms with Gasteiger partial charge in [-0.15, -0.1) is 0 Å². The number of aliphatic hydroxyl groups is 1. The highest BCUT2D eigenvalue weighted by molar-refractivity contribution is 5.03. The summed E-state index contributed by atoms with van der Waals surface area (Å²) in [5.41, 5.74) is 0.481. The van der Waals surface area contributed by atoms with Crippen LogP contribution in [0.3, 0.4) is 0 Å². The van der Waals surface area contributed by atoms with Gasteiger partial charge in [-0.05, 0) is 37.5 Å². The van der Waals surface area contributed by atoms with Crippen LogP contribution in [0.5, 0.6) is 0 Å². The smallest absolute Gasteiger partial charge is 0.0613 e. The van der Waals surface area contributed by atoms with Crippen molar-refractivity contribution in [3.05, 3.63) is 0 Å². The quantitative estimate of drug-likeness (QED) is 0.697. The van der Waals surface area contributed by atoms with Crippen LogP contribution in [0, 0.1) is 5.41 Å². The van der Waals surface area contributed by atoms with Crippen LogP contribution >= 0.6 is 0 Å². The summed E-state index contributed by atoms with van der Waals surface area (Å²) in [7, 11) is 0. The molecule has 2 N–H and O–H groups in total. The fourth-order valence-corrected chi connectivity index (χ4v) is 2.63. The molecule has 0 spiro atoms. The van der Waals surface area contributed by atoms with Crippen LogP contribution in [0.25, 0.3) is 0 Å². The summed E-state index contributed by atoms with van der Waals surface area (Å²) in [6, 6.07) is 0.709. The third kappa shape index (κ3) is 2.05. The highest BCUT2D eigenvalue weighted by atomic mass is 16.3. The molecule has 13 heavy (non-hydrogen) atoms. The first-order valence-electron chi connectivity index (χ1n) is 5.44. The van der Waals surface area contributed by atoms with E-state index in [0.29, 0.717) is 18.1 Å². The number of aliphatic hydroxyl groups excluding tert-OH is 1. The molecule has 0 heterocycles. The van der Waals surface area contributed by atoms with E-state index < -0.39 is 0 Å². The summed E-state index contributed by atoms with van der Waals surface area (Å²) < 4.78 is 0. The monoisotopic (exact) mass is 183 g/mol. The minimum Gasteiger partial charge on any atom is -0.394 e. The molecular weight excluding hydrogens is 162 g/mol. The largest absolute Gasteiger partial charge is 0.394 e. The minimum absolute atomic E-state index is 0.0602. The van der Waals surface area contributed by atoms with E-state index in [1.165, 1.54) is 19.3 Å². The van der Waals surface area contributed by atoms with E-state index in [4.69, 9.17) is 0 Å². The molecule has 0 aromatic carbocycles. The Labute approximate surface area is 80.7 Å². The van der Waals surface area contributed by atoms with Gasteiger partial charge < -0.3 is 10.4 Å². The highest BCUT2D eigenvalue weighted by Crippen LogP contribution is 2.44. The molecule has 76 valence electrons. The summed E-state index contributed by atoms with van der Waals surface area (Å²) in [6.07, 6.45) is 6.14. The summed E-state index contributed by atoms with van der Waals surface area (Å²) in [4.78, 5) is 0. The van der Waals surface area contributed by atoms with Gasteiger partial charge in [-0.2, -0.15) is 0 Å². The first-order chi connectivity index (χ1) is 6.05. The first-order valence-corrected chi connectivity index (χ1v) is 5.44. The van der Waals surface area contributed by atoms with Gasteiger partial charge in [0, 0.05) is 11.6 Å². The summed E-state index contributed by atoms with van der Waals surface area (Å²) in [6.45, 7) is 4.92. The van der Waals surface area contributed by atoms with E-state index in [-0.39, 0.29) is 5.54 Å². The van der Waals surface area contributed by atoms with Crippen molar-refractivity contribution < 1.29 is 5.11 Å². The Bertz CT molecular complexity index is 198. The van der Waals surface area contributed by atoms with E-state index in [1.807, 2.05) is 0 Å². The van der Waals surface area contributed by atoms with Crippen molar-refractivity contribution in [1.82, 2.24) is 5.32 Å². The summed E-state index contributed by atoms with van der Waals surface area (Å²) >= 11 is 0. The van der Waals surface area contributed by atoms with E-state index in [1.54, 1.807) is 0 Å². The Kier molecular flexibility index (Phi) is 2.16. The third-order valence-electron chi connectivity index (χ3n) is 3.49. The van der Waals surface area contributed by atoms with E-state index in [0.717, 1.165) is 12.8 Å². The van der Waals surface area contributed by atoms with Gasteiger partial charge in [-0.25, -0.2) is 0 Å². The topological polar surface area (TPSA) is 32.3 Å². The maximum Gasteiger partial charge on any atom is 0.0613 e. The van der Waals surface area contributed by atoms with Crippen molar-refractivity contribution in [3.8, 4) is 0 Å². The molecule has 0 amide bonds. The first kappa shape index (κ1) is 9.47. The van der Waals surface area contributed by atoms with Gasteiger partial charge in [0.1, 0.15) is 0 Å². The van der Waals surface area contributed by atoms with Crippen molar-refractivity contribution in [2.75, 3.05) is 6.61 Å². The molecule has 0 aromatic heterocycles. The lowest BCUT2D eigenvalue weighted by atomic mass is 9.88. The van der Waals surface area contributed by atoms with E-state index in [9.17, 15) is 5.11 Å². The van der Waals surface area contributed by atoms with Crippen LogP contribution in [0.1, 0.15) is 46.0 Å². The lowest BCUT2D eigenvalue weighted by Gasteiger charge is -2.30. The van der Waals surface area contributed by atoms with Crippen LogP contribution in [-0.2, 0) is 0 Å². The predicted octanol–water partition coefficient (Wildman–Crippen LogP) is 1.68. The van der Waals surface area contributed by atoms with Gasteiger partial charge in [-0.1, -0.05) is 13.8 Å². The minimum atomic E-state index is 0.0602. The molecule has 2 nitrogen and oxygen atoms in total. The van der Waals surface area contributed by atoms with E-state index >= 15 is 0 Å². The maximum absolute atomic E-state index is 9.46. The van der Waals surface area contributed by atoms with Crippen molar-refractivity contribution in [3.63, 3.8) is 0 Å². The fourth-order valence-electron chi connectivity index (χ4n) is 2.63. The number of hydrogen-bond acceptors (Lipinski definition) is 2. The molecule has 0 aromatic rings. The number of rotatable bonds is 3. The van der Waals surface area contributed by atoms with Crippen LogP contribution in [0.15, 0.2) is 0 Å². The van der Waals surface area contributed by atoms with Crippen molar-refractivity contribution >= 4 is 0 Å². The maximum atomic E-state index is 9.46. The molecule has 2 aliphatic carbocycles. The number of hydrogen-bond donors (Lipinski definition) is 2. The summed E-state index contributed by atoms with van der Waals surface area (Å²) in [5, 5.41) is 13.1. The van der Waals surface area contributed by atoms with E-state index in [2.05, 4.69) is 19.2 Å². The molecule has 0 saturated heterocycles. The molecule has 2 heteroatoms. The normalized spacial score (nSPS) is 38.1. The van der Waals surface area contributed by atoms with Crippen LogP contribution < -0.4 is 5.32 Å². The van der Waals surface area contributed by atoms with Gasteiger partial charge in [0.25, 0.3) is 0 Å². The van der Waals surface area contributed by atoms with Crippen molar-refractivity contribution in [2.24, 2.45) is 5.41 Å². The molecule has 0 bridgehead atoms. The SMILES string of the molecule is CC1(C)CCC(CO)(NC2CC2)C1. The highest BCUT2D eigenvalue weighted by Gasteiger charge is 2.45. The zero-order valence-electron chi connectivity index (χ0n) is 8.77. The number of nitrogens with one attached hydrogen (secondary N) is 1. The Balaban J connectivity index is 1.99. The molecule has 2 saturated carbocycles. The second kappa shape index (κ2) is 2.96. The van der Waals surface area contributed by atoms with Crippen LogP contribution in [0.2, 0.25) is 0 Å². The zero-order valence-corrected chi connectivity index (χ0v) is 8.77. The molecule has 2 rings (SSSR count). The van der Waals surface area contributed by atoms with Gasteiger partial charge >= 0.3 is 0 Å². The molecule has 0 aliphatic heterocycles. The Morgan fingerprint density at radius 2 is 2.00 bits per heavy atom. The molecule has 1 unspecified atom stereocenters. The van der Waals surface area contributed by atoms with Gasteiger partial charge in [-0.3, -0.25) is 0 Å². The molecule has 2 fully saturated rings. The second-order valence-electron chi connectivity index (χ2n) is 5.70. The molecular formula is C11H21NO. The average molecular weight is 183 g/mol.